The molecule has 2 N–H and O–H groups in total. The molecule has 1 aliphatic rings. The van der Waals surface area contributed by atoms with Crippen molar-refractivity contribution >= 4 is 27.7 Å². The average molecular weight is 444 g/mol. The van der Waals surface area contributed by atoms with Crippen LogP contribution in [0.1, 0.15) is 11.1 Å². The molecule has 1 unspecified atom stereocenters. The van der Waals surface area contributed by atoms with E-state index in [1.807, 2.05) is 30.3 Å². The topological polar surface area (TPSA) is 104 Å². The molecule has 0 bridgehead atoms. The summed E-state index contributed by atoms with van der Waals surface area (Å²) in [4.78, 5) is 8.74. The number of nitrogens with two attached hydrogens (primary N) is 1. The summed E-state index contributed by atoms with van der Waals surface area (Å²) in [5.41, 5.74) is 8.41. The summed E-state index contributed by atoms with van der Waals surface area (Å²) in [7, 11) is -3.61. The second-order valence-corrected chi connectivity index (χ2v) is 8.89. The van der Waals surface area contributed by atoms with Crippen LogP contribution >= 0.6 is 11.6 Å². The largest absolute Gasteiger partial charge is 0.462 e. The molecule has 154 valence electrons. The molecule has 0 amide bonds. The van der Waals surface area contributed by atoms with Gasteiger partial charge in [-0.3, -0.25) is 4.98 Å². The highest BCUT2D eigenvalue weighted by atomic mass is 35.5. The molecule has 0 spiro atoms. The van der Waals surface area contributed by atoms with Crippen LogP contribution in [0.15, 0.2) is 72.0 Å². The molecule has 9 heteroatoms. The lowest BCUT2D eigenvalue weighted by Gasteiger charge is -2.26. The highest BCUT2D eigenvalue weighted by Crippen LogP contribution is 2.39. The first-order chi connectivity index (χ1) is 14.2. The van der Waals surface area contributed by atoms with Crippen molar-refractivity contribution in [3.8, 4) is 16.9 Å². The number of nitrogens with zero attached hydrogens (tertiary/aromatic N) is 2. The van der Waals surface area contributed by atoms with E-state index in [-0.39, 0.29) is 18.4 Å². The molecule has 1 aromatic heterocycles. The molecule has 3 aromatic rings. The number of ether oxygens (including phenoxy) is 1. The molecule has 0 saturated carbocycles. The molecule has 0 saturated heterocycles. The highest BCUT2D eigenvalue weighted by Gasteiger charge is 2.40. The number of amidine groups is 1. The van der Waals surface area contributed by atoms with Crippen molar-refractivity contribution in [1.29, 1.82) is 0 Å². The monoisotopic (exact) mass is 443 g/mol. The van der Waals surface area contributed by atoms with E-state index in [9.17, 15) is 8.42 Å². The van der Waals surface area contributed by atoms with Gasteiger partial charge in [-0.05, 0) is 41.0 Å². The Morgan fingerprint density at radius 1 is 1.07 bits per heavy atom. The number of hydrogen-bond donors (Lipinski definition) is 1. The van der Waals surface area contributed by atoms with Gasteiger partial charge in [0.1, 0.15) is 12.4 Å². The first-order valence-corrected chi connectivity index (χ1v) is 11.1. The lowest BCUT2D eigenvalue weighted by atomic mass is 9.83. The molecule has 7 nitrogen and oxygen atoms in total. The Morgan fingerprint density at radius 3 is 2.47 bits per heavy atom. The lowest BCUT2D eigenvalue weighted by Crippen LogP contribution is -2.27. The quantitative estimate of drug-likeness (QED) is 0.606. The van der Waals surface area contributed by atoms with Gasteiger partial charge >= 0.3 is 10.1 Å². The summed E-state index contributed by atoms with van der Waals surface area (Å²) in [5, 5.41) is 0.542. The third-order valence-corrected chi connectivity index (χ3v) is 5.39. The maximum Gasteiger partial charge on any atom is 0.306 e. The van der Waals surface area contributed by atoms with Crippen molar-refractivity contribution in [2.75, 3.05) is 12.9 Å². The average Bonchev–Trinajstić information content (AvgIpc) is 3.10. The van der Waals surface area contributed by atoms with Crippen LogP contribution in [-0.4, -0.2) is 32.3 Å². The van der Waals surface area contributed by atoms with Crippen molar-refractivity contribution in [3.63, 3.8) is 0 Å². The van der Waals surface area contributed by atoms with Crippen LogP contribution in [0.5, 0.6) is 5.75 Å². The van der Waals surface area contributed by atoms with Gasteiger partial charge in [0.05, 0.1) is 11.3 Å². The summed E-state index contributed by atoms with van der Waals surface area (Å²) in [6.07, 6.45) is 4.30. The summed E-state index contributed by atoms with van der Waals surface area (Å²) < 4.78 is 33.2. The van der Waals surface area contributed by atoms with Gasteiger partial charge < -0.3 is 14.7 Å². The van der Waals surface area contributed by atoms with Gasteiger partial charge in [-0.1, -0.05) is 41.9 Å². The predicted octanol–water partition coefficient (Wildman–Crippen LogP) is 3.33. The van der Waals surface area contributed by atoms with Crippen LogP contribution in [0.25, 0.3) is 11.1 Å². The van der Waals surface area contributed by atoms with Crippen molar-refractivity contribution in [1.82, 2.24) is 4.98 Å². The normalized spacial score (nSPS) is 18.5. The zero-order valence-corrected chi connectivity index (χ0v) is 17.5. The minimum absolute atomic E-state index is 0.0845. The Balaban J connectivity index is 1.78. The van der Waals surface area contributed by atoms with Gasteiger partial charge in [-0.15, -0.1) is 0 Å². The van der Waals surface area contributed by atoms with Gasteiger partial charge in [0.15, 0.2) is 5.54 Å². The van der Waals surface area contributed by atoms with E-state index in [1.165, 1.54) is 0 Å². The van der Waals surface area contributed by atoms with Crippen molar-refractivity contribution in [3.05, 3.63) is 83.1 Å². The van der Waals surface area contributed by atoms with Gasteiger partial charge in [-0.25, -0.2) is 4.99 Å². The van der Waals surface area contributed by atoms with E-state index in [1.54, 1.807) is 36.7 Å². The van der Waals surface area contributed by atoms with Gasteiger partial charge in [0, 0.05) is 18.0 Å². The number of hydrogen-bond acceptors (Lipinski definition) is 7. The molecule has 0 aliphatic carbocycles. The minimum atomic E-state index is -3.61. The summed E-state index contributed by atoms with van der Waals surface area (Å²) in [6, 6.07) is 16.4. The molecular weight excluding hydrogens is 426 g/mol. The van der Waals surface area contributed by atoms with Crippen LogP contribution in [0.2, 0.25) is 5.02 Å². The van der Waals surface area contributed by atoms with E-state index < -0.39 is 15.7 Å². The molecule has 1 atom stereocenters. The number of benzene rings is 2. The van der Waals surface area contributed by atoms with E-state index in [0.29, 0.717) is 5.02 Å². The molecule has 4 rings (SSSR count). The number of aliphatic imine (C=N–C) groups is 1. The molecule has 0 radical (unpaired) electrons. The lowest BCUT2D eigenvalue weighted by molar-refractivity contribution is 0.278. The van der Waals surface area contributed by atoms with E-state index >= 15 is 0 Å². The molecular formula is C21H18ClN3O4S. The third kappa shape index (κ3) is 4.10. The van der Waals surface area contributed by atoms with Crippen molar-refractivity contribution in [2.45, 2.75) is 5.54 Å². The maximum absolute atomic E-state index is 11.4. The summed E-state index contributed by atoms with van der Waals surface area (Å²) in [6.45, 7) is 0.211. The second-order valence-electron chi connectivity index (χ2n) is 6.88. The fraction of sp³-hybridized carbons (Fsp3) is 0.143. The van der Waals surface area contributed by atoms with E-state index in [0.717, 1.165) is 28.5 Å². The molecule has 2 heterocycles. The summed E-state index contributed by atoms with van der Waals surface area (Å²) in [5.74, 6) is 0.214. The smallest absolute Gasteiger partial charge is 0.306 e. The van der Waals surface area contributed by atoms with Gasteiger partial charge in [-0.2, -0.15) is 8.42 Å². The van der Waals surface area contributed by atoms with Crippen LogP contribution in [0.4, 0.5) is 0 Å². The van der Waals surface area contributed by atoms with Crippen LogP contribution in [0.3, 0.4) is 0 Å². The number of pyridine rings is 1. The maximum atomic E-state index is 11.4. The predicted molar refractivity (Wildman–Crippen MR) is 115 cm³/mol. The Labute approximate surface area is 179 Å². The molecule has 30 heavy (non-hydrogen) atoms. The Kier molecular flexibility index (Phi) is 5.13. The van der Waals surface area contributed by atoms with Crippen LogP contribution < -0.4 is 9.92 Å². The van der Waals surface area contributed by atoms with E-state index in [4.69, 9.17) is 26.3 Å². The first kappa shape index (κ1) is 20.2. The Bertz CT molecular complexity index is 1230. The fourth-order valence-corrected chi connectivity index (χ4v) is 4.01. The standard InChI is InChI=1S/C21H18ClN3O4S/c1-30(26,27)29-19-7-5-16(6-8-19)21(13-28-20(23)25-21)17-4-2-3-14(9-17)15-10-18(22)12-24-11-15/h2-12H,13H2,1H3,(H2,23,25). The zero-order chi connectivity index (χ0) is 21.4. The molecule has 1 aliphatic heterocycles. The zero-order valence-electron chi connectivity index (χ0n) is 15.9. The first-order valence-electron chi connectivity index (χ1n) is 8.95. The van der Waals surface area contributed by atoms with Crippen molar-refractivity contribution < 1.29 is 17.3 Å². The third-order valence-electron chi connectivity index (χ3n) is 4.69. The van der Waals surface area contributed by atoms with Gasteiger partial charge in [0.25, 0.3) is 6.02 Å². The number of rotatable bonds is 5. The minimum Gasteiger partial charge on any atom is -0.462 e. The van der Waals surface area contributed by atoms with Crippen molar-refractivity contribution in [2.24, 2.45) is 10.7 Å². The SMILES string of the molecule is CS(=O)(=O)Oc1ccc(C2(c3cccc(-c4cncc(Cl)c4)c3)COC(N)=N2)cc1. The molecule has 0 fully saturated rings. The number of halogens is 1. The Hall–Kier alpha value is -3.10. The fourth-order valence-electron chi connectivity index (χ4n) is 3.38. The number of aromatic nitrogens is 1. The van der Waals surface area contributed by atoms with Crippen LogP contribution in [-0.2, 0) is 20.4 Å². The second kappa shape index (κ2) is 7.62. The van der Waals surface area contributed by atoms with E-state index in [2.05, 4.69) is 9.98 Å². The summed E-state index contributed by atoms with van der Waals surface area (Å²) >= 11 is 6.09. The highest BCUT2D eigenvalue weighted by molar-refractivity contribution is 7.86. The molecule has 2 aromatic carbocycles. The van der Waals surface area contributed by atoms with Gasteiger partial charge in [0.2, 0.25) is 0 Å². The van der Waals surface area contributed by atoms with Crippen LogP contribution in [0, 0.1) is 0 Å². The Morgan fingerprint density at radius 2 is 1.83 bits per heavy atom.